The quantitative estimate of drug-likeness (QED) is 0.541. The van der Waals surface area contributed by atoms with E-state index in [4.69, 9.17) is 0 Å². The number of aliphatic imine (C=N–C) groups is 1. The largest absolute Gasteiger partial charge is 0.265 e. The zero-order valence-corrected chi connectivity index (χ0v) is 7.58. The van der Waals surface area contributed by atoms with Crippen molar-refractivity contribution >= 4 is 6.08 Å². The second-order valence-electron chi connectivity index (χ2n) is 2.91. The van der Waals surface area contributed by atoms with Crippen LogP contribution in [0.5, 0.6) is 0 Å². The summed E-state index contributed by atoms with van der Waals surface area (Å²) in [5, 5.41) is 0. The van der Waals surface area contributed by atoms with Crippen molar-refractivity contribution in [3.63, 3.8) is 0 Å². The number of nitrogens with zero attached hydrogens (tertiary/aromatic N) is 1. The molecule has 1 atom stereocenters. The van der Waals surface area contributed by atoms with Gasteiger partial charge in [-0.25, -0.2) is 13.6 Å². The first-order chi connectivity index (χ1) is 6.65. The molecule has 0 bridgehead atoms. The van der Waals surface area contributed by atoms with Gasteiger partial charge in [0.1, 0.15) is 6.04 Å². The molecule has 0 saturated carbocycles. The van der Waals surface area contributed by atoms with E-state index in [-0.39, 0.29) is 0 Å². The van der Waals surface area contributed by atoms with Crippen LogP contribution in [0.25, 0.3) is 0 Å². The van der Waals surface area contributed by atoms with Crippen molar-refractivity contribution in [2.24, 2.45) is 4.99 Å². The third kappa shape index (κ3) is 2.47. The molecule has 74 valence electrons. The van der Waals surface area contributed by atoms with Crippen molar-refractivity contribution in [1.82, 2.24) is 0 Å². The molecule has 1 unspecified atom stereocenters. The molecule has 1 aromatic carbocycles. The van der Waals surface area contributed by atoms with E-state index < -0.39 is 12.5 Å². The smallest absolute Gasteiger partial charge is 0.211 e. The van der Waals surface area contributed by atoms with E-state index in [1.807, 2.05) is 6.92 Å². The summed E-state index contributed by atoms with van der Waals surface area (Å²) in [7, 11) is 0. The zero-order valence-electron chi connectivity index (χ0n) is 7.58. The van der Waals surface area contributed by atoms with Crippen molar-refractivity contribution in [3.8, 4) is 0 Å². The molecule has 4 heteroatoms. The molecule has 1 aromatic rings. The average molecular weight is 197 g/mol. The maximum absolute atomic E-state index is 12.4. The molecule has 0 heterocycles. The van der Waals surface area contributed by atoms with Gasteiger partial charge in [0, 0.05) is 0 Å². The van der Waals surface area contributed by atoms with Crippen LogP contribution in [0, 0.1) is 6.92 Å². The summed E-state index contributed by atoms with van der Waals surface area (Å²) < 4.78 is 24.8. The van der Waals surface area contributed by atoms with E-state index in [1.54, 1.807) is 12.1 Å². The lowest BCUT2D eigenvalue weighted by Gasteiger charge is -2.09. The number of hydrogen-bond donors (Lipinski definition) is 0. The Kier molecular flexibility index (Phi) is 3.48. The summed E-state index contributed by atoms with van der Waals surface area (Å²) in [4.78, 5) is 13.0. The van der Waals surface area contributed by atoms with Crippen molar-refractivity contribution in [3.05, 3.63) is 35.4 Å². The average Bonchev–Trinajstić information content (AvgIpc) is 2.15. The van der Waals surface area contributed by atoms with Crippen molar-refractivity contribution in [2.45, 2.75) is 19.4 Å². The second kappa shape index (κ2) is 4.63. The molecule has 1 rings (SSSR count). The summed E-state index contributed by atoms with van der Waals surface area (Å²) in [6, 6.07) is 5.07. The monoisotopic (exact) mass is 197 g/mol. The zero-order chi connectivity index (χ0) is 10.6. The van der Waals surface area contributed by atoms with Crippen LogP contribution in [0.4, 0.5) is 8.78 Å². The Labute approximate surface area is 80.3 Å². The van der Waals surface area contributed by atoms with E-state index in [0.29, 0.717) is 5.56 Å². The number of alkyl halides is 2. The number of aryl methyl sites for hydroxylation is 1. The minimum Gasteiger partial charge on any atom is -0.211 e. The van der Waals surface area contributed by atoms with Gasteiger partial charge in [-0.1, -0.05) is 29.8 Å². The van der Waals surface area contributed by atoms with E-state index in [0.717, 1.165) is 11.6 Å². The molecule has 0 aliphatic rings. The predicted octanol–water partition coefficient (Wildman–Crippen LogP) is 2.64. The van der Waals surface area contributed by atoms with Gasteiger partial charge in [-0.05, 0) is 12.5 Å². The number of halogens is 2. The summed E-state index contributed by atoms with van der Waals surface area (Å²) >= 11 is 0. The van der Waals surface area contributed by atoms with Crippen LogP contribution in [-0.2, 0) is 4.79 Å². The fourth-order valence-corrected chi connectivity index (χ4v) is 1.10. The first kappa shape index (κ1) is 10.5. The Bertz CT molecular complexity index is 342. The van der Waals surface area contributed by atoms with Gasteiger partial charge in [-0.3, -0.25) is 0 Å². The maximum Gasteiger partial charge on any atom is 0.265 e. The van der Waals surface area contributed by atoms with Crippen molar-refractivity contribution in [1.29, 1.82) is 0 Å². The predicted molar refractivity (Wildman–Crippen MR) is 48.0 cm³/mol. The summed E-state index contributed by atoms with van der Waals surface area (Å²) in [5.41, 5.74) is 1.30. The molecular formula is C10H9F2NO. The van der Waals surface area contributed by atoms with Crippen molar-refractivity contribution < 1.29 is 13.6 Å². The topological polar surface area (TPSA) is 29.4 Å². The second-order valence-corrected chi connectivity index (χ2v) is 2.91. The molecule has 0 fully saturated rings. The van der Waals surface area contributed by atoms with Gasteiger partial charge in [0.2, 0.25) is 6.08 Å². The number of carbonyl (C=O) groups excluding carboxylic acids is 1. The molecule has 2 nitrogen and oxygen atoms in total. The Hall–Kier alpha value is -1.54. The van der Waals surface area contributed by atoms with Crippen LogP contribution in [0.3, 0.4) is 0 Å². The maximum atomic E-state index is 12.4. The third-order valence-electron chi connectivity index (χ3n) is 1.85. The number of hydrogen-bond acceptors (Lipinski definition) is 2. The van der Waals surface area contributed by atoms with Crippen LogP contribution in [0.2, 0.25) is 0 Å². The number of rotatable bonds is 3. The van der Waals surface area contributed by atoms with Gasteiger partial charge < -0.3 is 0 Å². The van der Waals surface area contributed by atoms with Gasteiger partial charge in [0.25, 0.3) is 6.43 Å². The van der Waals surface area contributed by atoms with Gasteiger partial charge in [-0.2, -0.15) is 4.99 Å². The molecule has 0 aromatic heterocycles. The lowest BCUT2D eigenvalue weighted by atomic mass is 10.1. The summed E-state index contributed by atoms with van der Waals surface area (Å²) in [5.74, 6) is 0. The van der Waals surface area contributed by atoms with Crippen LogP contribution in [0.1, 0.15) is 17.2 Å². The molecule has 14 heavy (non-hydrogen) atoms. The first-order valence-electron chi connectivity index (χ1n) is 4.07. The molecule has 0 aliphatic carbocycles. The number of benzene rings is 1. The lowest BCUT2D eigenvalue weighted by molar-refractivity contribution is 0.117. The van der Waals surface area contributed by atoms with E-state index in [2.05, 4.69) is 4.99 Å². The molecule has 0 spiro atoms. The third-order valence-corrected chi connectivity index (χ3v) is 1.85. The van der Waals surface area contributed by atoms with Crippen LogP contribution >= 0.6 is 0 Å². The normalized spacial score (nSPS) is 12.3. The summed E-state index contributed by atoms with van der Waals surface area (Å²) in [6.45, 7) is 1.85. The fraction of sp³-hybridized carbons (Fsp3) is 0.300. The van der Waals surface area contributed by atoms with E-state index >= 15 is 0 Å². The molecule has 0 aliphatic heterocycles. The minimum absolute atomic E-state index is 0.328. The SMILES string of the molecule is Cc1ccc(C(N=C=O)C(F)F)cc1. The Morgan fingerprint density at radius 1 is 1.29 bits per heavy atom. The fourth-order valence-electron chi connectivity index (χ4n) is 1.10. The Balaban J connectivity index is 2.99. The van der Waals surface area contributed by atoms with Gasteiger partial charge >= 0.3 is 0 Å². The Morgan fingerprint density at radius 2 is 1.86 bits per heavy atom. The molecule has 0 saturated heterocycles. The molecule has 0 N–H and O–H groups in total. The molecular weight excluding hydrogens is 188 g/mol. The summed E-state index contributed by atoms with van der Waals surface area (Å²) in [6.07, 6.45) is -1.52. The van der Waals surface area contributed by atoms with Gasteiger partial charge in [0.05, 0.1) is 0 Å². The van der Waals surface area contributed by atoms with E-state index in [9.17, 15) is 13.6 Å². The number of isocyanates is 1. The molecule has 0 radical (unpaired) electrons. The highest BCUT2D eigenvalue weighted by Gasteiger charge is 2.21. The molecule has 0 amide bonds. The highest BCUT2D eigenvalue weighted by molar-refractivity contribution is 5.36. The first-order valence-corrected chi connectivity index (χ1v) is 4.07. The van der Waals surface area contributed by atoms with Crippen LogP contribution in [-0.4, -0.2) is 12.5 Å². The highest BCUT2D eigenvalue weighted by Crippen LogP contribution is 2.24. The Morgan fingerprint density at radius 3 is 2.29 bits per heavy atom. The lowest BCUT2D eigenvalue weighted by Crippen LogP contribution is -2.06. The van der Waals surface area contributed by atoms with Crippen molar-refractivity contribution in [2.75, 3.05) is 0 Å². The standard InChI is InChI=1S/C10H9F2NO/c1-7-2-4-8(5-3-7)9(10(11)12)13-6-14/h2-5,9-10H,1H3. The van der Waals surface area contributed by atoms with Gasteiger partial charge in [-0.15, -0.1) is 0 Å². The van der Waals surface area contributed by atoms with E-state index in [1.165, 1.54) is 12.1 Å². The minimum atomic E-state index is -2.68. The van der Waals surface area contributed by atoms with Gasteiger partial charge in [0.15, 0.2) is 0 Å². The van der Waals surface area contributed by atoms with Crippen LogP contribution in [0.15, 0.2) is 29.3 Å². The van der Waals surface area contributed by atoms with Crippen LogP contribution < -0.4 is 0 Å². The highest BCUT2D eigenvalue weighted by atomic mass is 19.3.